The Labute approximate surface area is 389 Å². The van der Waals surface area contributed by atoms with Crippen molar-refractivity contribution in [2.45, 2.75) is 0 Å². The highest BCUT2D eigenvalue weighted by atomic mass is 16.3. The monoisotopic (exact) mass is 832 g/mol. The predicted octanol–water partition coefficient (Wildman–Crippen LogP) is 15.6. The molecule has 14 aromatic rings. The summed E-state index contributed by atoms with van der Waals surface area (Å²) in [4.78, 5) is 5.19. The first-order valence-corrected chi connectivity index (χ1v) is 20.5. The van der Waals surface area contributed by atoms with E-state index in [2.05, 4.69) is 4.57 Å². The van der Waals surface area contributed by atoms with Gasteiger partial charge in [0.15, 0.2) is 0 Å². The van der Waals surface area contributed by atoms with E-state index in [-0.39, 0.29) is 55.2 Å². The van der Waals surface area contributed by atoms with Crippen LogP contribution in [0.25, 0.3) is 127 Å². The highest BCUT2D eigenvalue weighted by Gasteiger charge is 2.24. The number of para-hydroxylation sites is 7. The van der Waals surface area contributed by atoms with Crippen LogP contribution in [0.5, 0.6) is 0 Å². The number of pyridine rings is 1. The second-order valence-corrected chi connectivity index (χ2v) is 15.5. The fraction of sp³-hybridized carbons (Fsp3) is 0. The molecule has 298 valence electrons. The minimum atomic E-state index is -0.674. The van der Waals surface area contributed by atoms with Gasteiger partial charge in [-0.05, 0) is 89.4 Å². The molecule has 0 fully saturated rings. The van der Waals surface area contributed by atoms with E-state index < -0.39 is 96.7 Å². The van der Waals surface area contributed by atoms with Gasteiger partial charge in [0.1, 0.15) is 22.8 Å². The van der Waals surface area contributed by atoms with Crippen LogP contribution in [-0.2, 0) is 0 Å². The van der Waals surface area contributed by atoms with Crippen LogP contribution in [0.2, 0.25) is 0 Å². The number of hydrogen-bond donors (Lipinski definition) is 0. The minimum absolute atomic E-state index is 0.194. The average Bonchev–Trinajstić information content (AvgIpc) is 4.33. The van der Waals surface area contributed by atoms with Crippen molar-refractivity contribution in [1.29, 1.82) is 0 Å². The van der Waals surface area contributed by atoms with Gasteiger partial charge >= 0.3 is 0 Å². The molecule has 0 radical (unpaired) electrons. The molecule has 0 atom stereocenters. The van der Waals surface area contributed by atoms with Crippen LogP contribution >= 0.6 is 0 Å². The molecule has 0 N–H and O–H groups in total. The van der Waals surface area contributed by atoms with E-state index in [0.29, 0.717) is 39.1 Å². The highest BCUT2D eigenvalue weighted by molar-refractivity contribution is 6.13. The molecule has 5 aromatic heterocycles. The number of rotatable bonds is 5. The van der Waals surface area contributed by atoms with Gasteiger partial charge in [0.25, 0.3) is 0 Å². The number of hydrogen-bond acceptors (Lipinski definition) is 2. The molecule has 0 unspecified atom stereocenters. The van der Waals surface area contributed by atoms with Crippen LogP contribution in [0.4, 0.5) is 0 Å². The number of benzene rings is 9. The molecule has 0 aliphatic heterocycles. The van der Waals surface area contributed by atoms with E-state index >= 15 is 0 Å². The lowest BCUT2D eigenvalue weighted by atomic mass is 9.92. The first-order chi connectivity index (χ1) is 38.4. The standard InChI is InChI=1S/C59H36N4O/c1-8-24-48-40(16-1)41-17-2-9-25-49(41)61(48)54-30-15-23-39(37-32-33-47-46-22-7-14-31-55(46)64-56(47)34-37)59(54)38-35-57(62-50-26-10-3-18-42(50)43-19-4-11-27-51(43)62)60-58(36-38)63-52-28-12-5-20-44(52)45-21-6-13-29-53(45)63/h1-36H/i3D,4D,5D,6D,10D,11D,12D,13D,18D,19D,20D,21D,26D,27D,28D,29D. The fourth-order valence-electron chi connectivity index (χ4n) is 9.52. The molecule has 14 rings (SSSR count). The van der Waals surface area contributed by atoms with Crippen molar-refractivity contribution in [3.05, 3.63) is 218 Å². The summed E-state index contributed by atoms with van der Waals surface area (Å²) in [6.07, 6.45) is 0. The fourth-order valence-corrected chi connectivity index (χ4v) is 9.52. The first-order valence-electron chi connectivity index (χ1n) is 28.5. The third kappa shape index (κ3) is 4.98. The molecule has 5 nitrogen and oxygen atoms in total. The van der Waals surface area contributed by atoms with Crippen LogP contribution < -0.4 is 0 Å². The zero-order valence-corrected chi connectivity index (χ0v) is 33.2. The lowest BCUT2D eigenvalue weighted by Crippen LogP contribution is -2.06. The molecule has 0 bridgehead atoms. The maximum atomic E-state index is 9.51. The number of aromatic nitrogens is 4. The molecule has 0 spiro atoms. The van der Waals surface area contributed by atoms with Crippen LogP contribution in [0.3, 0.4) is 0 Å². The minimum Gasteiger partial charge on any atom is -0.456 e. The molecule has 9 aromatic carbocycles. The largest absolute Gasteiger partial charge is 0.456 e. The summed E-state index contributed by atoms with van der Waals surface area (Å²) in [5.74, 6) is -0.389. The molecule has 0 saturated heterocycles. The number of fused-ring (bicyclic) bond motifs is 12. The van der Waals surface area contributed by atoms with Crippen molar-refractivity contribution in [2.75, 3.05) is 0 Å². The number of furan rings is 1. The Hall–Kier alpha value is -8.67. The summed E-state index contributed by atoms with van der Waals surface area (Å²) in [6.45, 7) is 0. The second-order valence-electron chi connectivity index (χ2n) is 15.5. The Morgan fingerprint density at radius 3 is 1.41 bits per heavy atom. The second kappa shape index (κ2) is 13.4. The third-order valence-corrected chi connectivity index (χ3v) is 12.2. The molecule has 5 heterocycles. The van der Waals surface area contributed by atoms with Gasteiger partial charge in [-0.1, -0.05) is 145 Å². The molecule has 0 saturated carbocycles. The molecular formula is C59H36N4O. The van der Waals surface area contributed by atoms with Crippen molar-refractivity contribution >= 4 is 87.4 Å². The van der Waals surface area contributed by atoms with Gasteiger partial charge in [-0.15, -0.1) is 0 Å². The normalized spacial score (nSPS) is 15.6. The number of nitrogens with zero attached hydrogens (tertiary/aromatic N) is 4. The Bertz CT molecular complexity index is 4780. The van der Waals surface area contributed by atoms with E-state index in [1.807, 2.05) is 109 Å². The summed E-state index contributed by atoms with van der Waals surface area (Å²) in [6, 6.07) is 28.2. The van der Waals surface area contributed by atoms with Crippen molar-refractivity contribution in [1.82, 2.24) is 18.7 Å². The van der Waals surface area contributed by atoms with Gasteiger partial charge in [-0.3, -0.25) is 9.13 Å². The Balaban J connectivity index is 1.23. The highest BCUT2D eigenvalue weighted by Crippen LogP contribution is 2.44. The summed E-state index contributed by atoms with van der Waals surface area (Å²) >= 11 is 0. The van der Waals surface area contributed by atoms with Crippen LogP contribution in [0.15, 0.2) is 222 Å². The van der Waals surface area contributed by atoms with Crippen molar-refractivity contribution in [2.24, 2.45) is 0 Å². The SMILES string of the molecule is [2H]c1c([2H])c([2H])c2c(c1[2H])c1c([2H])c([2H])c([2H])c([2H])c1n2-c1cc(-c2c(-c3ccc4c(c3)oc3ccccc34)cccc2-n2c3ccccc3c3ccccc32)cc(-n2c3c([2H])c([2H])c([2H])c([2H])c3c3c([2H])c([2H])c([2H])c([2H])c32)n1. The Morgan fingerprint density at radius 1 is 0.359 bits per heavy atom. The van der Waals surface area contributed by atoms with Crippen molar-refractivity contribution < 1.29 is 26.3 Å². The van der Waals surface area contributed by atoms with Crippen molar-refractivity contribution in [3.8, 4) is 39.6 Å². The van der Waals surface area contributed by atoms with Gasteiger partial charge in [0, 0.05) is 48.7 Å². The molecule has 0 aliphatic rings. The van der Waals surface area contributed by atoms with Crippen LogP contribution in [0.1, 0.15) is 21.9 Å². The van der Waals surface area contributed by atoms with Gasteiger partial charge < -0.3 is 8.98 Å². The van der Waals surface area contributed by atoms with E-state index in [1.54, 1.807) is 12.1 Å². The van der Waals surface area contributed by atoms with Crippen LogP contribution in [-0.4, -0.2) is 18.7 Å². The van der Waals surface area contributed by atoms with Gasteiger partial charge in [-0.2, -0.15) is 0 Å². The van der Waals surface area contributed by atoms with E-state index in [1.165, 1.54) is 9.13 Å². The molecule has 64 heavy (non-hydrogen) atoms. The average molecular weight is 833 g/mol. The van der Waals surface area contributed by atoms with E-state index in [9.17, 15) is 11.0 Å². The lowest BCUT2D eigenvalue weighted by Gasteiger charge is -2.20. The first kappa shape index (κ1) is 23.0. The molecule has 0 amide bonds. The zero-order valence-electron chi connectivity index (χ0n) is 49.2. The van der Waals surface area contributed by atoms with Gasteiger partial charge in [0.05, 0.1) is 60.7 Å². The molecular weight excluding hydrogens is 781 g/mol. The lowest BCUT2D eigenvalue weighted by molar-refractivity contribution is 0.669. The molecule has 5 heteroatoms. The maximum Gasteiger partial charge on any atom is 0.140 e. The van der Waals surface area contributed by atoms with E-state index in [4.69, 9.17) is 20.4 Å². The zero-order chi connectivity index (χ0) is 55.8. The van der Waals surface area contributed by atoms with Gasteiger partial charge in [-0.25, -0.2) is 4.98 Å². The van der Waals surface area contributed by atoms with Crippen molar-refractivity contribution in [3.63, 3.8) is 0 Å². The summed E-state index contributed by atoms with van der Waals surface area (Å²) in [7, 11) is 0. The quantitative estimate of drug-likeness (QED) is 0.173. The maximum absolute atomic E-state index is 9.51. The summed E-state index contributed by atoms with van der Waals surface area (Å²) in [5, 5.41) is 2.73. The van der Waals surface area contributed by atoms with E-state index in [0.717, 1.165) is 32.6 Å². The Kier molecular flexibility index (Phi) is 4.81. The van der Waals surface area contributed by atoms with Gasteiger partial charge in [0.2, 0.25) is 0 Å². The predicted molar refractivity (Wildman–Crippen MR) is 265 cm³/mol. The topological polar surface area (TPSA) is 40.8 Å². The summed E-state index contributed by atoms with van der Waals surface area (Å²) < 4.78 is 157. The van der Waals surface area contributed by atoms with Crippen LogP contribution in [0, 0.1) is 0 Å². The third-order valence-electron chi connectivity index (χ3n) is 12.2. The smallest absolute Gasteiger partial charge is 0.140 e. The Morgan fingerprint density at radius 2 is 0.844 bits per heavy atom. The molecule has 0 aliphatic carbocycles. The summed E-state index contributed by atoms with van der Waals surface area (Å²) in [5.41, 5.74) is 4.56.